The maximum atomic E-state index is 12.3. The number of nitrogens with zero attached hydrogens (tertiary/aromatic N) is 1. The number of ether oxygens (including phenoxy) is 1. The van der Waals surface area contributed by atoms with Gasteiger partial charge in [0.15, 0.2) is 0 Å². The van der Waals surface area contributed by atoms with E-state index >= 15 is 0 Å². The van der Waals surface area contributed by atoms with E-state index in [1.54, 1.807) is 5.38 Å². The first kappa shape index (κ1) is 16.7. The van der Waals surface area contributed by atoms with Gasteiger partial charge in [0.1, 0.15) is 16.5 Å². The number of para-hydroxylation sites is 1. The first-order valence-corrected chi connectivity index (χ1v) is 7.83. The summed E-state index contributed by atoms with van der Waals surface area (Å²) in [6.45, 7) is 1.04. The zero-order valence-electron chi connectivity index (χ0n) is 12.0. The van der Waals surface area contributed by atoms with E-state index in [9.17, 15) is 4.79 Å². The van der Waals surface area contributed by atoms with Crippen molar-refractivity contribution in [2.45, 2.75) is 25.4 Å². The van der Waals surface area contributed by atoms with Crippen LogP contribution >= 0.6 is 23.7 Å². The second kappa shape index (κ2) is 7.58. The van der Waals surface area contributed by atoms with Crippen LogP contribution in [0.15, 0.2) is 29.6 Å². The second-order valence-corrected chi connectivity index (χ2v) is 5.83. The fourth-order valence-electron chi connectivity index (χ4n) is 2.42. The van der Waals surface area contributed by atoms with E-state index in [0.29, 0.717) is 18.8 Å². The van der Waals surface area contributed by atoms with Crippen molar-refractivity contribution < 1.29 is 9.53 Å². The second-order valence-electron chi connectivity index (χ2n) is 4.89. The number of fused-ring (bicyclic) bond motifs is 1. The summed E-state index contributed by atoms with van der Waals surface area (Å²) in [4.78, 5) is 16.5. The van der Waals surface area contributed by atoms with E-state index in [2.05, 4.69) is 10.3 Å². The highest BCUT2D eigenvalue weighted by molar-refractivity contribution is 7.09. The number of hydrogen-bond donors (Lipinski definition) is 2. The molecule has 5 nitrogen and oxygen atoms in total. The smallest absolute Gasteiger partial charge is 0.271 e. The van der Waals surface area contributed by atoms with E-state index in [0.717, 1.165) is 29.2 Å². The van der Waals surface area contributed by atoms with Gasteiger partial charge in [-0.05, 0) is 18.9 Å². The Balaban J connectivity index is 0.00000176. The van der Waals surface area contributed by atoms with Gasteiger partial charge < -0.3 is 15.8 Å². The number of benzene rings is 1. The van der Waals surface area contributed by atoms with Crippen LogP contribution in [0, 0.1) is 0 Å². The first-order chi connectivity index (χ1) is 10.3. The molecule has 3 N–H and O–H groups in total. The molecule has 118 valence electrons. The molecule has 0 bridgehead atoms. The highest BCUT2D eigenvalue weighted by Gasteiger charge is 2.22. The SMILES string of the molecule is Cl.NCc1nc(C(=O)NC2CCCOc3ccccc32)cs1. The van der Waals surface area contributed by atoms with Crippen molar-refractivity contribution in [3.8, 4) is 5.75 Å². The number of amides is 1. The van der Waals surface area contributed by atoms with Gasteiger partial charge in [0, 0.05) is 17.5 Å². The maximum absolute atomic E-state index is 12.3. The molecule has 1 amide bonds. The van der Waals surface area contributed by atoms with Gasteiger partial charge in [-0.25, -0.2) is 4.98 Å². The molecule has 0 fully saturated rings. The van der Waals surface area contributed by atoms with Crippen LogP contribution in [-0.4, -0.2) is 17.5 Å². The lowest BCUT2D eigenvalue weighted by Crippen LogP contribution is -2.28. The largest absolute Gasteiger partial charge is 0.493 e. The van der Waals surface area contributed by atoms with Crippen molar-refractivity contribution in [1.29, 1.82) is 0 Å². The normalized spacial score (nSPS) is 16.7. The van der Waals surface area contributed by atoms with Crippen molar-refractivity contribution in [2.75, 3.05) is 6.61 Å². The Kier molecular flexibility index (Phi) is 5.76. The number of thiazole rings is 1. The molecule has 1 aromatic heterocycles. The highest BCUT2D eigenvalue weighted by atomic mass is 35.5. The summed E-state index contributed by atoms with van der Waals surface area (Å²) in [7, 11) is 0. The van der Waals surface area contributed by atoms with Crippen LogP contribution in [-0.2, 0) is 6.54 Å². The van der Waals surface area contributed by atoms with Crippen LogP contribution in [0.5, 0.6) is 5.75 Å². The van der Waals surface area contributed by atoms with Gasteiger partial charge in [0.25, 0.3) is 5.91 Å². The van der Waals surface area contributed by atoms with Crippen LogP contribution in [0.4, 0.5) is 0 Å². The third-order valence-electron chi connectivity index (χ3n) is 3.45. The van der Waals surface area contributed by atoms with Gasteiger partial charge in [-0.3, -0.25) is 4.79 Å². The lowest BCUT2D eigenvalue weighted by atomic mass is 10.0. The van der Waals surface area contributed by atoms with Crippen LogP contribution < -0.4 is 15.8 Å². The fourth-order valence-corrected chi connectivity index (χ4v) is 3.07. The average molecular weight is 340 g/mol. The number of carbonyl (C=O) groups excluding carboxylic acids is 1. The first-order valence-electron chi connectivity index (χ1n) is 6.95. The third kappa shape index (κ3) is 3.58. The molecule has 0 radical (unpaired) electrons. The van der Waals surface area contributed by atoms with Crippen molar-refractivity contribution in [2.24, 2.45) is 5.73 Å². The van der Waals surface area contributed by atoms with Gasteiger partial charge in [-0.1, -0.05) is 18.2 Å². The summed E-state index contributed by atoms with van der Waals surface area (Å²) < 4.78 is 5.71. The molecule has 1 unspecified atom stereocenters. The molecule has 0 saturated carbocycles. The summed E-state index contributed by atoms with van der Waals surface area (Å²) in [5.41, 5.74) is 6.99. The Hall–Kier alpha value is -1.63. The number of carbonyl (C=O) groups is 1. The predicted octanol–water partition coefficient (Wildman–Crippen LogP) is 2.67. The van der Waals surface area contributed by atoms with E-state index in [1.165, 1.54) is 11.3 Å². The van der Waals surface area contributed by atoms with Crippen molar-refractivity contribution in [1.82, 2.24) is 10.3 Å². The average Bonchev–Trinajstić information content (AvgIpc) is 2.91. The van der Waals surface area contributed by atoms with Gasteiger partial charge in [-0.15, -0.1) is 23.7 Å². The fraction of sp³-hybridized carbons (Fsp3) is 0.333. The monoisotopic (exact) mass is 339 g/mol. The maximum Gasteiger partial charge on any atom is 0.271 e. The Morgan fingerprint density at radius 1 is 1.45 bits per heavy atom. The molecule has 1 atom stereocenters. The zero-order valence-corrected chi connectivity index (χ0v) is 13.6. The minimum absolute atomic E-state index is 0. The van der Waals surface area contributed by atoms with Crippen LogP contribution in [0.3, 0.4) is 0 Å². The molecule has 1 aliphatic heterocycles. The number of nitrogens with two attached hydrogens (primary N) is 1. The Labute approximate surface area is 139 Å². The Bertz CT molecular complexity index is 647. The van der Waals surface area contributed by atoms with Crippen LogP contribution in [0.1, 0.15) is 39.9 Å². The minimum Gasteiger partial charge on any atom is -0.493 e. The van der Waals surface area contributed by atoms with Gasteiger partial charge in [0.05, 0.1) is 12.6 Å². The number of aromatic nitrogens is 1. The summed E-state index contributed by atoms with van der Waals surface area (Å²) in [6.07, 6.45) is 1.77. The minimum atomic E-state index is -0.160. The topological polar surface area (TPSA) is 77.2 Å². The van der Waals surface area contributed by atoms with Crippen LogP contribution in [0.2, 0.25) is 0 Å². The molecular weight excluding hydrogens is 322 g/mol. The summed E-state index contributed by atoms with van der Waals surface area (Å²) >= 11 is 1.41. The number of rotatable bonds is 3. The molecule has 0 spiro atoms. The molecule has 0 saturated heterocycles. The van der Waals surface area contributed by atoms with Gasteiger partial charge >= 0.3 is 0 Å². The third-order valence-corrected chi connectivity index (χ3v) is 4.32. The van der Waals surface area contributed by atoms with Gasteiger partial charge in [0.2, 0.25) is 0 Å². The Morgan fingerprint density at radius 2 is 2.27 bits per heavy atom. The molecule has 7 heteroatoms. The molecular formula is C15H18ClN3O2S. The number of nitrogens with one attached hydrogen (secondary N) is 1. The summed E-state index contributed by atoms with van der Waals surface area (Å²) in [6, 6.07) is 7.80. The van der Waals surface area contributed by atoms with E-state index in [1.807, 2.05) is 24.3 Å². The van der Waals surface area contributed by atoms with E-state index < -0.39 is 0 Å². The lowest BCUT2D eigenvalue weighted by Gasteiger charge is -2.17. The number of halogens is 1. The van der Waals surface area contributed by atoms with E-state index in [-0.39, 0.29) is 24.4 Å². The van der Waals surface area contributed by atoms with Crippen molar-refractivity contribution in [3.05, 3.63) is 45.9 Å². The molecule has 2 heterocycles. The van der Waals surface area contributed by atoms with Crippen molar-refractivity contribution in [3.63, 3.8) is 0 Å². The summed E-state index contributed by atoms with van der Waals surface area (Å²) in [5.74, 6) is 0.689. The van der Waals surface area contributed by atoms with Gasteiger partial charge in [-0.2, -0.15) is 0 Å². The molecule has 1 aromatic carbocycles. The predicted molar refractivity (Wildman–Crippen MR) is 88.6 cm³/mol. The van der Waals surface area contributed by atoms with Crippen LogP contribution in [0.25, 0.3) is 0 Å². The highest BCUT2D eigenvalue weighted by Crippen LogP contribution is 2.31. The quantitative estimate of drug-likeness (QED) is 0.901. The summed E-state index contributed by atoms with van der Waals surface area (Å²) in [5, 5.41) is 5.57. The molecule has 2 aromatic rings. The Morgan fingerprint density at radius 3 is 3.05 bits per heavy atom. The standard InChI is InChI=1S/C15H17N3O2S.ClH/c16-8-14-17-12(9-21-14)15(19)18-11-5-3-7-20-13-6-2-1-4-10(11)13;/h1-2,4,6,9,11H,3,5,7-8,16H2,(H,18,19);1H. The molecule has 1 aliphatic rings. The van der Waals surface area contributed by atoms with E-state index in [4.69, 9.17) is 10.5 Å². The molecule has 22 heavy (non-hydrogen) atoms. The number of hydrogen-bond acceptors (Lipinski definition) is 5. The van der Waals surface area contributed by atoms with Crippen molar-refractivity contribution >= 4 is 29.7 Å². The molecule has 0 aliphatic carbocycles. The molecule has 3 rings (SSSR count). The lowest BCUT2D eigenvalue weighted by molar-refractivity contribution is 0.0930. The zero-order chi connectivity index (χ0) is 14.7.